The second-order valence-electron chi connectivity index (χ2n) is 9.02. The van der Waals surface area contributed by atoms with Crippen molar-refractivity contribution in [2.45, 2.75) is 49.5 Å². The van der Waals surface area contributed by atoms with Gasteiger partial charge >= 0.3 is 0 Å². The molecule has 0 radical (unpaired) electrons. The Labute approximate surface area is 196 Å². The molecule has 190 valence electrons. The van der Waals surface area contributed by atoms with Gasteiger partial charge in [-0.15, -0.1) is 0 Å². The molecule has 0 aromatic heterocycles. The van der Waals surface area contributed by atoms with Gasteiger partial charge in [0.1, 0.15) is 19.2 Å². The predicted octanol–water partition coefficient (Wildman–Crippen LogP) is 1.19. The van der Waals surface area contributed by atoms with Crippen molar-refractivity contribution in [2.24, 2.45) is 11.8 Å². The first-order valence-electron chi connectivity index (χ1n) is 11.4. The first-order valence-corrected chi connectivity index (χ1v) is 11.4. The van der Waals surface area contributed by atoms with Crippen LogP contribution in [-0.4, -0.2) is 81.2 Å². The fourth-order valence-corrected chi connectivity index (χ4v) is 5.09. The summed E-state index contributed by atoms with van der Waals surface area (Å²) in [5.41, 5.74) is 1.60. The van der Waals surface area contributed by atoms with Gasteiger partial charge in [-0.1, -0.05) is 0 Å². The molecule has 6 atom stereocenters. The van der Waals surface area contributed by atoms with Crippen molar-refractivity contribution < 1.29 is 47.5 Å². The lowest BCUT2D eigenvalue weighted by Crippen LogP contribution is -2.53. The van der Waals surface area contributed by atoms with Crippen LogP contribution >= 0.6 is 0 Å². The van der Waals surface area contributed by atoms with Gasteiger partial charge in [-0.3, -0.25) is 0 Å². The number of aliphatic hydroxyl groups excluding tert-OH is 2. The first-order chi connectivity index (χ1) is 16.4. The van der Waals surface area contributed by atoms with Crippen molar-refractivity contribution in [3.05, 3.63) is 23.3 Å². The Balaban J connectivity index is 1.54. The molecule has 1 saturated heterocycles. The molecule has 1 fully saturated rings. The Kier molecular flexibility index (Phi) is 8.01. The Morgan fingerprint density at radius 3 is 2.71 bits per heavy atom. The summed E-state index contributed by atoms with van der Waals surface area (Å²) in [5, 5.41) is 21.9. The van der Waals surface area contributed by atoms with Crippen molar-refractivity contribution in [1.29, 1.82) is 0 Å². The van der Waals surface area contributed by atoms with Gasteiger partial charge in [-0.05, 0) is 29.7 Å². The molecule has 4 rings (SSSR count). The lowest BCUT2D eigenvalue weighted by Gasteiger charge is -2.40. The Morgan fingerprint density at radius 1 is 1.24 bits per heavy atom. The van der Waals surface area contributed by atoms with E-state index in [1.54, 1.807) is 12.1 Å². The SMILES string of the molecule is COCC1C(NCC(F)(F)C2CC(O)CC(COCO)O2)c2cc3c(cc2C[C@H]1C=O)OCO3. The summed E-state index contributed by atoms with van der Waals surface area (Å²) >= 11 is 0. The van der Waals surface area contributed by atoms with E-state index in [1.165, 1.54) is 7.11 Å². The summed E-state index contributed by atoms with van der Waals surface area (Å²) in [6.45, 7) is -1.10. The van der Waals surface area contributed by atoms with Gasteiger partial charge in [0.2, 0.25) is 6.79 Å². The highest BCUT2D eigenvalue weighted by molar-refractivity contribution is 5.59. The molecule has 2 aliphatic heterocycles. The summed E-state index contributed by atoms with van der Waals surface area (Å²) in [5.74, 6) is -3.01. The molecule has 2 heterocycles. The smallest absolute Gasteiger partial charge is 0.285 e. The minimum Gasteiger partial charge on any atom is -0.454 e. The number of aliphatic hydroxyl groups is 2. The summed E-state index contributed by atoms with van der Waals surface area (Å²) in [4.78, 5) is 11.9. The van der Waals surface area contributed by atoms with Crippen molar-refractivity contribution >= 4 is 6.29 Å². The maximum Gasteiger partial charge on any atom is 0.285 e. The van der Waals surface area contributed by atoms with Crippen LogP contribution in [0.3, 0.4) is 0 Å². The maximum atomic E-state index is 15.3. The fourth-order valence-electron chi connectivity index (χ4n) is 5.09. The average Bonchev–Trinajstić information content (AvgIpc) is 3.27. The summed E-state index contributed by atoms with van der Waals surface area (Å²) in [7, 11) is 1.51. The van der Waals surface area contributed by atoms with Gasteiger partial charge in [0.25, 0.3) is 5.92 Å². The van der Waals surface area contributed by atoms with Crippen molar-refractivity contribution in [3.8, 4) is 11.5 Å². The number of carbonyl (C=O) groups is 1. The standard InChI is InChI=1S/C23H31F2NO8/c1-30-9-18-14(7-27)2-13-3-19-20(33-12-32-19)6-17(13)22(18)26-10-23(24,25)21-5-15(29)4-16(34-21)8-31-11-28/h3,6-7,14-16,18,21-22,26,28-29H,2,4-5,8-12H2,1H3/t14-,15?,16?,18?,21?,22?/m0/s1. The largest absolute Gasteiger partial charge is 0.454 e. The third-order valence-electron chi connectivity index (χ3n) is 6.74. The number of nitrogens with one attached hydrogen (secondary N) is 1. The highest BCUT2D eigenvalue weighted by Crippen LogP contribution is 2.44. The number of halogens is 2. The first kappa shape index (κ1) is 25.2. The molecule has 0 saturated carbocycles. The van der Waals surface area contributed by atoms with Crippen LogP contribution in [0.15, 0.2) is 12.1 Å². The normalized spacial score (nSPS) is 30.7. The molecular weight excluding hydrogens is 456 g/mol. The number of hydrogen-bond donors (Lipinski definition) is 3. The van der Waals surface area contributed by atoms with E-state index in [-0.39, 0.29) is 38.8 Å². The number of carbonyl (C=O) groups excluding carboxylic acids is 1. The minimum absolute atomic E-state index is 0.0789. The molecule has 3 aliphatic rings. The van der Waals surface area contributed by atoms with Gasteiger partial charge in [0.15, 0.2) is 11.5 Å². The van der Waals surface area contributed by atoms with Gasteiger partial charge in [-0.2, -0.15) is 0 Å². The highest BCUT2D eigenvalue weighted by Gasteiger charge is 2.47. The van der Waals surface area contributed by atoms with E-state index in [1.807, 2.05) is 0 Å². The van der Waals surface area contributed by atoms with E-state index in [0.717, 1.165) is 17.4 Å². The summed E-state index contributed by atoms with van der Waals surface area (Å²) < 4.78 is 57.2. The van der Waals surface area contributed by atoms with Crippen LogP contribution in [0.4, 0.5) is 8.78 Å². The number of ether oxygens (including phenoxy) is 5. The van der Waals surface area contributed by atoms with Gasteiger partial charge in [0, 0.05) is 37.8 Å². The van der Waals surface area contributed by atoms with Crippen LogP contribution in [-0.2, 0) is 25.4 Å². The molecule has 1 aromatic carbocycles. The molecule has 11 heteroatoms. The van der Waals surface area contributed by atoms with Crippen molar-refractivity contribution in [2.75, 3.05) is 40.5 Å². The molecule has 3 N–H and O–H groups in total. The number of hydrogen-bond acceptors (Lipinski definition) is 9. The van der Waals surface area contributed by atoms with E-state index in [2.05, 4.69) is 5.32 Å². The lowest BCUT2D eigenvalue weighted by atomic mass is 9.73. The fraction of sp³-hybridized carbons (Fsp3) is 0.696. The highest BCUT2D eigenvalue weighted by atomic mass is 19.3. The van der Waals surface area contributed by atoms with Crippen LogP contribution in [0, 0.1) is 11.8 Å². The molecule has 5 unspecified atom stereocenters. The molecule has 34 heavy (non-hydrogen) atoms. The average molecular weight is 487 g/mol. The number of alkyl halides is 2. The molecular formula is C23H31F2NO8. The molecule has 9 nitrogen and oxygen atoms in total. The molecule has 1 aliphatic carbocycles. The van der Waals surface area contributed by atoms with E-state index < -0.39 is 49.5 Å². The molecule has 0 bridgehead atoms. The van der Waals surface area contributed by atoms with Gasteiger partial charge < -0.3 is 44.0 Å². The van der Waals surface area contributed by atoms with Crippen LogP contribution in [0.5, 0.6) is 11.5 Å². The van der Waals surface area contributed by atoms with Gasteiger partial charge in [0.05, 0.1) is 32.0 Å². The van der Waals surface area contributed by atoms with E-state index in [9.17, 15) is 9.90 Å². The van der Waals surface area contributed by atoms with E-state index in [0.29, 0.717) is 17.9 Å². The number of rotatable bonds is 10. The Hall–Kier alpha value is -1.89. The topological polar surface area (TPSA) is 116 Å². The lowest BCUT2D eigenvalue weighted by molar-refractivity contribution is -0.209. The zero-order valence-corrected chi connectivity index (χ0v) is 19.0. The number of benzene rings is 1. The Morgan fingerprint density at radius 2 is 2.00 bits per heavy atom. The van der Waals surface area contributed by atoms with Crippen LogP contribution in [0.25, 0.3) is 0 Å². The third kappa shape index (κ3) is 5.34. The van der Waals surface area contributed by atoms with Crippen LogP contribution in [0.2, 0.25) is 0 Å². The number of aldehydes is 1. The summed E-state index contributed by atoms with van der Waals surface area (Å²) in [6.07, 6.45) is -2.02. The van der Waals surface area contributed by atoms with Gasteiger partial charge in [-0.25, -0.2) is 8.78 Å². The molecule has 1 aromatic rings. The zero-order valence-electron chi connectivity index (χ0n) is 19.0. The summed E-state index contributed by atoms with van der Waals surface area (Å²) in [6, 6.07) is 2.98. The third-order valence-corrected chi connectivity index (χ3v) is 6.74. The molecule has 0 spiro atoms. The quantitative estimate of drug-likeness (QED) is 0.331. The maximum absolute atomic E-state index is 15.3. The van der Waals surface area contributed by atoms with Crippen molar-refractivity contribution in [1.82, 2.24) is 5.32 Å². The second kappa shape index (κ2) is 10.8. The predicted molar refractivity (Wildman–Crippen MR) is 114 cm³/mol. The molecule has 0 amide bonds. The van der Waals surface area contributed by atoms with Crippen molar-refractivity contribution in [3.63, 3.8) is 0 Å². The van der Waals surface area contributed by atoms with Crippen LogP contribution < -0.4 is 14.8 Å². The number of fused-ring (bicyclic) bond motifs is 2. The monoisotopic (exact) mass is 487 g/mol. The van der Waals surface area contributed by atoms with E-state index in [4.69, 9.17) is 28.8 Å². The van der Waals surface area contributed by atoms with Crippen LogP contribution in [0.1, 0.15) is 30.0 Å². The number of methoxy groups -OCH3 is 1. The minimum atomic E-state index is -3.32. The Bertz CT molecular complexity index is 857. The van der Waals surface area contributed by atoms with E-state index >= 15 is 8.78 Å². The zero-order chi connectivity index (χ0) is 24.3. The second-order valence-corrected chi connectivity index (χ2v) is 9.02.